The van der Waals surface area contributed by atoms with Crippen molar-refractivity contribution in [2.45, 2.75) is 65.2 Å². The third-order valence-corrected chi connectivity index (χ3v) is 3.45. The Bertz CT molecular complexity index is 430. The van der Waals surface area contributed by atoms with Gasteiger partial charge >= 0.3 is 7.12 Å². The largest absolute Gasteiger partial charge is 0.494 e. The van der Waals surface area contributed by atoms with Gasteiger partial charge in [0.25, 0.3) is 0 Å². The molecule has 6 heteroatoms. The van der Waals surface area contributed by atoms with Crippen LogP contribution in [0.3, 0.4) is 0 Å². The lowest BCUT2D eigenvalue weighted by Gasteiger charge is -2.38. The van der Waals surface area contributed by atoms with Gasteiger partial charge in [0.1, 0.15) is 0 Å². The van der Waals surface area contributed by atoms with Crippen LogP contribution >= 0.6 is 0 Å². The molecule has 0 bridgehead atoms. The van der Waals surface area contributed by atoms with Gasteiger partial charge in [-0.3, -0.25) is 4.68 Å². The maximum atomic E-state index is 10.1. The van der Waals surface area contributed by atoms with E-state index in [0.717, 1.165) is 0 Å². The van der Waals surface area contributed by atoms with Gasteiger partial charge < -0.3 is 14.8 Å². The lowest BCUT2D eigenvalue weighted by atomic mass is 9.78. The molecule has 1 heterocycles. The summed E-state index contributed by atoms with van der Waals surface area (Å²) >= 11 is 0. The van der Waals surface area contributed by atoms with Gasteiger partial charge in [0.15, 0.2) is 0 Å². The van der Waals surface area contributed by atoms with E-state index in [1.165, 1.54) is 0 Å². The predicted molar refractivity (Wildman–Crippen MR) is 76.3 cm³/mol. The van der Waals surface area contributed by atoms with Gasteiger partial charge in [0, 0.05) is 17.9 Å². The maximum absolute atomic E-state index is 10.1. The molecule has 0 unspecified atom stereocenters. The Balaban J connectivity index is 2.85. The average molecular weight is 268 g/mol. The smallest absolute Gasteiger partial charge is 0.423 e. The molecule has 1 rings (SSSR count). The summed E-state index contributed by atoms with van der Waals surface area (Å²) in [5.74, 6) is 0. The van der Waals surface area contributed by atoms with Gasteiger partial charge in [0.05, 0.1) is 16.7 Å². The van der Waals surface area contributed by atoms with Crippen molar-refractivity contribution in [3.05, 3.63) is 12.4 Å². The van der Waals surface area contributed by atoms with Crippen LogP contribution in [-0.2, 0) is 10.2 Å². The second-order valence-electron chi connectivity index (χ2n) is 6.93. The van der Waals surface area contributed by atoms with Crippen LogP contribution in [0, 0.1) is 0 Å². The fourth-order valence-corrected chi connectivity index (χ4v) is 1.32. The van der Waals surface area contributed by atoms with Crippen LogP contribution in [0.5, 0.6) is 0 Å². The van der Waals surface area contributed by atoms with E-state index in [0.29, 0.717) is 5.46 Å². The van der Waals surface area contributed by atoms with E-state index >= 15 is 0 Å². The minimum atomic E-state index is -1.11. The Hall–Kier alpha value is -0.845. The molecule has 2 N–H and O–H groups in total. The SMILES string of the molecule is CC(C)(C)n1cc(B(O)OC(C)(C)C(C)(C)O)cn1. The lowest BCUT2D eigenvalue weighted by Crippen LogP contribution is -2.53. The summed E-state index contributed by atoms with van der Waals surface area (Å²) in [6.45, 7) is 12.9. The molecule has 108 valence electrons. The molecule has 0 aliphatic rings. The molecule has 0 amide bonds. The first kappa shape index (κ1) is 16.2. The van der Waals surface area contributed by atoms with Gasteiger partial charge in [-0.05, 0) is 48.5 Å². The molecular formula is C13H25BN2O3. The van der Waals surface area contributed by atoms with Gasteiger partial charge in [-0.1, -0.05) is 0 Å². The Morgan fingerprint density at radius 3 is 2.05 bits per heavy atom. The maximum Gasteiger partial charge on any atom is 0.494 e. The first-order valence-corrected chi connectivity index (χ1v) is 6.48. The molecule has 0 atom stereocenters. The quantitative estimate of drug-likeness (QED) is 0.796. The fourth-order valence-electron chi connectivity index (χ4n) is 1.32. The molecule has 0 saturated heterocycles. The van der Waals surface area contributed by atoms with E-state index in [1.54, 1.807) is 44.8 Å². The Labute approximate surface area is 115 Å². The fraction of sp³-hybridized carbons (Fsp3) is 0.769. The summed E-state index contributed by atoms with van der Waals surface area (Å²) in [5, 5.41) is 24.3. The van der Waals surface area contributed by atoms with E-state index in [4.69, 9.17) is 4.65 Å². The molecule has 0 aliphatic carbocycles. The second kappa shape index (κ2) is 4.92. The molecular weight excluding hydrogens is 243 g/mol. The summed E-state index contributed by atoms with van der Waals surface area (Å²) in [5.41, 5.74) is -1.51. The summed E-state index contributed by atoms with van der Waals surface area (Å²) in [7, 11) is -1.11. The molecule has 1 aromatic heterocycles. The van der Waals surface area contributed by atoms with Crippen LogP contribution < -0.4 is 5.46 Å². The van der Waals surface area contributed by atoms with Gasteiger partial charge in [0.2, 0.25) is 0 Å². The van der Waals surface area contributed by atoms with Crippen molar-refractivity contribution in [2.24, 2.45) is 0 Å². The van der Waals surface area contributed by atoms with Crippen molar-refractivity contribution in [2.75, 3.05) is 0 Å². The van der Waals surface area contributed by atoms with E-state index in [9.17, 15) is 10.1 Å². The van der Waals surface area contributed by atoms with E-state index in [-0.39, 0.29) is 5.54 Å². The normalized spacial score (nSPS) is 13.7. The zero-order chi connectivity index (χ0) is 15.1. The summed E-state index contributed by atoms with van der Waals surface area (Å²) < 4.78 is 7.34. The second-order valence-corrected chi connectivity index (χ2v) is 6.93. The first-order chi connectivity index (χ1) is 8.34. The van der Waals surface area contributed by atoms with Crippen molar-refractivity contribution in [1.82, 2.24) is 9.78 Å². The molecule has 0 fully saturated rings. The van der Waals surface area contributed by atoms with E-state index in [2.05, 4.69) is 5.10 Å². The molecule has 19 heavy (non-hydrogen) atoms. The van der Waals surface area contributed by atoms with Crippen molar-refractivity contribution in [1.29, 1.82) is 0 Å². The predicted octanol–water partition coefficient (Wildman–Crippen LogP) is 0.892. The van der Waals surface area contributed by atoms with Crippen LogP contribution in [0.1, 0.15) is 48.5 Å². The monoisotopic (exact) mass is 268 g/mol. The Kier molecular flexibility index (Phi) is 4.20. The van der Waals surface area contributed by atoms with Crippen LogP contribution in [0.25, 0.3) is 0 Å². The van der Waals surface area contributed by atoms with Gasteiger partial charge in [-0.25, -0.2) is 0 Å². The van der Waals surface area contributed by atoms with Crippen LogP contribution in [0.4, 0.5) is 0 Å². The zero-order valence-electron chi connectivity index (χ0n) is 12.9. The van der Waals surface area contributed by atoms with Gasteiger partial charge in [-0.15, -0.1) is 0 Å². The topological polar surface area (TPSA) is 67.5 Å². The van der Waals surface area contributed by atoms with Crippen molar-refractivity contribution in [3.63, 3.8) is 0 Å². The van der Waals surface area contributed by atoms with Crippen LogP contribution in [0.2, 0.25) is 0 Å². The van der Waals surface area contributed by atoms with Crippen LogP contribution in [0.15, 0.2) is 12.4 Å². The highest BCUT2D eigenvalue weighted by Gasteiger charge is 2.40. The average Bonchev–Trinajstić information content (AvgIpc) is 2.62. The van der Waals surface area contributed by atoms with Crippen LogP contribution in [-0.4, -0.2) is 38.2 Å². The molecule has 0 aromatic carbocycles. The molecule has 0 saturated carbocycles. The highest BCUT2D eigenvalue weighted by Crippen LogP contribution is 2.25. The Morgan fingerprint density at radius 1 is 1.16 bits per heavy atom. The van der Waals surface area contributed by atoms with Gasteiger partial charge in [-0.2, -0.15) is 5.10 Å². The molecule has 0 spiro atoms. The van der Waals surface area contributed by atoms with Crippen molar-refractivity contribution in [3.8, 4) is 0 Å². The minimum absolute atomic E-state index is 0.149. The summed E-state index contributed by atoms with van der Waals surface area (Å²) in [6.07, 6.45) is 3.33. The Morgan fingerprint density at radius 2 is 1.68 bits per heavy atom. The minimum Gasteiger partial charge on any atom is -0.423 e. The van der Waals surface area contributed by atoms with Crippen molar-refractivity contribution >= 4 is 12.6 Å². The number of hydrogen-bond acceptors (Lipinski definition) is 4. The first-order valence-electron chi connectivity index (χ1n) is 6.48. The standard InChI is InChI=1S/C13H25BN2O3/c1-11(2,3)16-9-10(8-15-16)14(18)19-13(6,7)12(4,5)17/h8-9,17-18H,1-7H3. The highest BCUT2D eigenvalue weighted by molar-refractivity contribution is 6.59. The van der Waals surface area contributed by atoms with E-state index < -0.39 is 18.3 Å². The summed E-state index contributed by atoms with van der Waals surface area (Å²) in [4.78, 5) is 0. The lowest BCUT2D eigenvalue weighted by molar-refractivity contribution is -0.0982. The third kappa shape index (κ3) is 3.81. The van der Waals surface area contributed by atoms with E-state index in [1.807, 2.05) is 20.8 Å². The zero-order valence-corrected chi connectivity index (χ0v) is 12.9. The molecule has 0 radical (unpaired) electrons. The number of aliphatic hydroxyl groups is 1. The molecule has 1 aromatic rings. The van der Waals surface area contributed by atoms with Crippen molar-refractivity contribution < 1.29 is 14.8 Å². The molecule has 0 aliphatic heterocycles. The number of aromatic nitrogens is 2. The third-order valence-electron chi connectivity index (χ3n) is 3.45. The number of nitrogens with zero attached hydrogens (tertiary/aromatic N) is 2. The highest BCUT2D eigenvalue weighted by atomic mass is 16.5. The molecule has 5 nitrogen and oxygen atoms in total. The summed E-state index contributed by atoms with van der Waals surface area (Å²) in [6, 6.07) is 0. The number of hydrogen-bond donors (Lipinski definition) is 2. The number of rotatable bonds is 4.